The van der Waals surface area contributed by atoms with Crippen LogP contribution in [0.3, 0.4) is 0 Å². The standard InChI is InChI=1S/C61H100O6/c1-4-7-10-13-16-19-22-25-28-30-33-35-38-41-44-47-50-53-59(62)65-56-58(67-61(64)55-52-49-46-43-40-37-32-27-24-21-18-15-12-9-6-3)57-66-60(63)54-51-48-45-42-39-36-34-31-29-26-23-20-17-14-11-8-5-2/h7,9-10,12,16-21,25-29,32-33,35,58H,4-6,8,11,13-15,22-24,30-31,34,36-57H2,1-3H3/b10-7-,12-9-,19-16-,20-17-,21-18-,28-25-,29-26-,32-27-,35-33-/t58-/m1/s1. The molecule has 0 saturated carbocycles. The maximum absolute atomic E-state index is 12.8. The minimum Gasteiger partial charge on any atom is -0.462 e. The Kier molecular flexibility index (Phi) is 51.5. The van der Waals surface area contributed by atoms with Crippen LogP contribution in [0.2, 0.25) is 0 Å². The molecular weight excluding hydrogens is 829 g/mol. The van der Waals surface area contributed by atoms with Crippen LogP contribution in [0.15, 0.2) is 109 Å². The number of hydrogen-bond donors (Lipinski definition) is 0. The second kappa shape index (κ2) is 54.7. The predicted octanol–water partition coefficient (Wildman–Crippen LogP) is 18.3. The lowest BCUT2D eigenvalue weighted by molar-refractivity contribution is -0.167. The van der Waals surface area contributed by atoms with Gasteiger partial charge in [-0.15, -0.1) is 0 Å². The van der Waals surface area contributed by atoms with Crippen LogP contribution in [0.5, 0.6) is 0 Å². The van der Waals surface area contributed by atoms with Crippen molar-refractivity contribution in [3.8, 4) is 0 Å². The van der Waals surface area contributed by atoms with E-state index in [-0.39, 0.29) is 31.1 Å². The monoisotopic (exact) mass is 929 g/mol. The summed E-state index contributed by atoms with van der Waals surface area (Å²) in [5.74, 6) is -0.950. The van der Waals surface area contributed by atoms with Crippen LogP contribution in [0.4, 0.5) is 0 Å². The lowest BCUT2D eigenvalue weighted by atomic mass is 10.1. The van der Waals surface area contributed by atoms with E-state index in [0.717, 1.165) is 148 Å². The molecule has 0 unspecified atom stereocenters. The van der Waals surface area contributed by atoms with Gasteiger partial charge in [0.25, 0.3) is 0 Å². The summed E-state index contributed by atoms with van der Waals surface area (Å²) in [4.78, 5) is 38.1. The highest BCUT2D eigenvalue weighted by atomic mass is 16.6. The van der Waals surface area contributed by atoms with Crippen LogP contribution in [0.25, 0.3) is 0 Å². The van der Waals surface area contributed by atoms with Crippen molar-refractivity contribution >= 4 is 17.9 Å². The molecule has 0 heterocycles. The number of carbonyl (C=O) groups is 3. The molecule has 0 N–H and O–H groups in total. The average molecular weight is 929 g/mol. The third-order valence-electron chi connectivity index (χ3n) is 11.2. The number of esters is 3. The fraction of sp³-hybridized carbons (Fsp3) is 0.656. The van der Waals surface area contributed by atoms with E-state index in [1.165, 1.54) is 51.4 Å². The number of ether oxygens (including phenoxy) is 3. The molecule has 0 bridgehead atoms. The number of carbonyl (C=O) groups excluding carboxylic acids is 3. The van der Waals surface area contributed by atoms with Crippen LogP contribution < -0.4 is 0 Å². The Balaban J connectivity index is 4.48. The summed E-state index contributed by atoms with van der Waals surface area (Å²) >= 11 is 0. The third kappa shape index (κ3) is 52.9. The summed E-state index contributed by atoms with van der Waals surface area (Å²) in [5.41, 5.74) is 0. The van der Waals surface area contributed by atoms with Crippen molar-refractivity contribution in [2.24, 2.45) is 0 Å². The first-order valence-electron chi connectivity index (χ1n) is 27.4. The van der Waals surface area contributed by atoms with Crippen molar-refractivity contribution in [2.45, 2.75) is 245 Å². The first kappa shape index (κ1) is 63.1. The van der Waals surface area contributed by atoms with E-state index >= 15 is 0 Å². The second-order valence-electron chi connectivity index (χ2n) is 17.7. The van der Waals surface area contributed by atoms with E-state index in [1.54, 1.807) is 0 Å². The molecule has 0 aromatic carbocycles. The Labute approximate surface area is 412 Å². The molecule has 380 valence electrons. The zero-order valence-electron chi connectivity index (χ0n) is 43.4. The van der Waals surface area contributed by atoms with Gasteiger partial charge >= 0.3 is 17.9 Å². The molecular formula is C61H100O6. The SMILES string of the molecule is CC/C=C\C/C=C\C/C=C\C/C=C\CCCCCCC(=O)OC[C@H](COC(=O)CCCCCCCCC/C=C\C/C=C\CCCCC)OC(=O)CCCCCCC/C=C\C/C=C\C/C=C\CC. The molecule has 0 aromatic rings. The van der Waals surface area contributed by atoms with Crippen LogP contribution in [-0.4, -0.2) is 37.2 Å². The predicted molar refractivity (Wildman–Crippen MR) is 288 cm³/mol. The number of hydrogen-bond acceptors (Lipinski definition) is 6. The molecule has 0 saturated heterocycles. The van der Waals surface area contributed by atoms with Crippen LogP contribution >= 0.6 is 0 Å². The van der Waals surface area contributed by atoms with E-state index < -0.39 is 6.10 Å². The van der Waals surface area contributed by atoms with Gasteiger partial charge in [-0.25, -0.2) is 0 Å². The Morgan fingerprint density at radius 2 is 0.582 bits per heavy atom. The largest absolute Gasteiger partial charge is 0.462 e. The van der Waals surface area contributed by atoms with Crippen molar-refractivity contribution in [2.75, 3.05) is 13.2 Å². The summed E-state index contributed by atoms with van der Waals surface area (Å²) in [7, 11) is 0. The Bertz CT molecular complexity index is 1390. The minimum atomic E-state index is -0.803. The average Bonchev–Trinajstić information content (AvgIpc) is 3.33. The van der Waals surface area contributed by atoms with E-state index in [1.807, 2.05) is 0 Å². The van der Waals surface area contributed by atoms with Crippen LogP contribution in [0.1, 0.15) is 239 Å². The normalized spacial score (nSPS) is 12.9. The summed E-state index contributed by atoms with van der Waals surface area (Å²) in [6.07, 6.45) is 73.5. The molecule has 0 aliphatic rings. The van der Waals surface area contributed by atoms with Crippen molar-refractivity contribution in [1.82, 2.24) is 0 Å². The molecule has 6 heteroatoms. The molecule has 67 heavy (non-hydrogen) atoms. The number of allylic oxidation sites excluding steroid dienone is 18. The topological polar surface area (TPSA) is 78.9 Å². The van der Waals surface area contributed by atoms with Crippen LogP contribution in [-0.2, 0) is 28.6 Å². The maximum Gasteiger partial charge on any atom is 0.306 e. The lowest BCUT2D eigenvalue weighted by Gasteiger charge is -2.18. The first-order valence-corrected chi connectivity index (χ1v) is 27.4. The molecule has 0 spiro atoms. The lowest BCUT2D eigenvalue weighted by Crippen LogP contribution is -2.30. The fourth-order valence-corrected chi connectivity index (χ4v) is 7.18. The van der Waals surface area contributed by atoms with Crippen molar-refractivity contribution < 1.29 is 28.6 Å². The van der Waals surface area contributed by atoms with Gasteiger partial charge in [0, 0.05) is 19.3 Å². The fourth-order valence-electron chi connectivity index (χ4n) is 7.18. The molecule has 0 fully saturated rings. The molecule has 0 aliphatic carbocycles. The third-order valence-corrected chi connectivity index (χ3v) is 11.2. The Hall–Kier alpha value is -3.93. The van der Waals surface area contributed by atoms with Crippen molar-refractivity contribution in [1.29, 1.82) is 0 Å². The smallest absolute Gasteiger partial charge is 0.306 e. The van der Waals surface area contributed by atoms with Crippen molar-refractivity contribution in [3.05, 3.63) is 109 Å². The Morgan fingerprint density at radius 1 is 0.313 bits per heavy atom. The zero-order chi connectivity index (χ0) is 48.6. The van der Waals surface area contributed by atoms with Crippen LogP contribution in [0, 0.1) is 0 Å². The number of unbranched alkanes of at least 4 members (excludes halogenated alkanes) is 19. The number of rotatable bonds is 48. The molecule has 0 amide bonds. The summed E-state index contributed by atoms with van der Waals surface area (Å²) < 4.78 is 16.8. The summed E-state index contributed by atoms with van der Waals surface area (Å²) in [6.45, 7) is 6.34. The van der Waals surface area contributed by atoms with Crippen molar-refractivity contribution in [3.63, 3.8) is 0 Å². The van der Waals surface area contributed by atoms with Gasteiger partial charge in [-0.3, -0.25) is 14.4 Å². The highest BCUT2D eigenvalue weighted by Gasteiger charge is 2.19. The highest BCUT2D eigenvalue weighted by molar-refractivity contribution is 5.71. The highest BCUT2D eigenvalue weighted by Crippen LogP contribution is 2.14. The van der Waals surface area contributed by atoms with Gasteiger partial charge in [0.05, 0.1) is 0 Å². The molecule has 1 atom stereocenters. The molecule has 6 nitrogen and oxygen atoms in total. The summed E-state index contributed by atoms with van der Waals surface area (Å²) in [6, 6.07) is 0. The van der Waals surface area contributed by atoms with Gasteiger partial charge in [-0.1, -0.05) is 207 Å². The summed E-state index contributed by atoms with van der Waals surface area (Å²) in [5, 5.41) is 0. The maximum atomic E-state index is 12.8. The molecule has 0 aliphatic heterocycles. The molecule has 0 rings (SSSR count). The first-order chi connectivity index (χ1) is 33.0. The Morgan fingerprint density at radius 3 is 0.910 bits per heavy atom. The van der Waals surface area contributed by atoms with Gasteiger partial charge in [-0.2, -0.15) is 0 Å². The second-order valence-corrected chi connectivity index (χ2v) is 17.7. The molecule has 0 radical (unpaired) electrons. The van der Waals surface area contributed by atoms with E-state index in [2.05, 4.69) is 130 Å². The van der Waals surface area contributed by atoms with Gasteiger partial charge in [0.15, 0.2) is 6.10 Å². The van der Waals surface area contributed by atoms with Gasteiger partial charge in [0.2, 0.25) is 0 Å². The quantitative estimate of drug-likeness (QED) is 0.0262. The van der Waals surface area contributed by atoms with Gasteiger partial charge in [-0.05, 0) is 122 Å². The van der Waals surface area contributed by atoms with E-state index in [0.29, 0.717) is 19.3 Å². The van der Waals surface area contributed by atoms with Gasteiger partial charge in [0.1, 0.15) is 13.2 Å². The minimum absolute atomic E-state index is 0.0991. The molecule has 0 aromatic heterocycles. The van der Waals surface area contributed by atoms with E-state index in [9.17, 15) is 14.4 Å². The van der Waals surface area contributed by atoms with E-state index in [4.69, 9.17) is 14.2 Å². The zero-order valence-corrected chi connectivity index (χ0v) is 43.4. The van der Waals surface area contributed by atoms with Gasteiger partial charge < -0.3 is 14.2 Å².